The molecule has 1 fully saturated rings. The second-order valence-corrected chi connectivity index (χ2v) is 5.57. The summed E-state index contributed by atoms with van der Waals surface area (Å²) in [7, 11) is 0. The van der Waals surface area contributed by atoms with Crippen molar-refractivity contribution in [2.75, 3.05) is 23.3 Å². The summed E-state index contributed by atoms with van der Waals surface area (Å²) < 4.78 is 0. The maximum absolute atomic E-state index is 11.6. The van der Waals surface area contributed by atoms with Gasteiger partial charge in [0, 0.05) is 6.54 Å². The van der Waals surface area contributed by atoms with Crippen molar-refractivity contribution in [1.29, 1.82) is 0 Å². The van der Waals surface area contributed by atoms with Gasteiger partial charge in [-0.3, -0.25) is 9.59 Å². The normalized spacial score (nSPS) is 16.6. The zero-order chi connectivity index (χ0) is 14.3. The van der Waals surface area contributed by atoms with Crippen molar-refractivity contribution in [3.05, 3.63) is 22.7 Å². The molecule has 0 aromatic heterocycles. The molecule has 0 atom stereocenters. The Balaban J connectivity index is 1.97. The summed E-state index contributed by atoms with van der Waals surface area (Å²) >= 11 is 6.25. The van der Waals surface area contributed by atoms with E-state index in [4.69, 9.17) is 18.0 Å². The van der Waals surface area contributed by atoms with Gasteiger partial charge in [0.1, 0.15) is 0 Å². The molecule has 5 heteroatoms. The van der Waals surface area contributed by atoms with Crippen LogP contribution in [-0.4, -0.2) is 24.8 Å². The van der Waals surface area contributed by atoms with Crippen LogP contribution in [0.4, 0.5) is 11.4 Å². The molecule has 0 radical (unpaired) electrons. The monoisotopic (exact) mass is 288 g/mol. The third kappa shape index (κ3) is 2.25. The van der Waals surface area contributed by atoms with Crippen molar-refractivity contribution in [3.63, 3.8) is 0 Å². The molecule has 3 rings (SSSR count). The predicted molar refractivity (Wildman–Crippen MR) is 78.2 cm³/mol. The zero-order valence-electron chi connectivity index (χ0n) is 10.8. The predicted octanol–water partition coefficient (Wildman–Crippen LogP) is 2.32. The molecule has 1 aromatic carbocycles. The number of fused-ring (bicyclic) bond motifs is 1. The topological polar surface area (TPSA) is 49.4 Å². The van der Waals surface area contributed by atoms with E-state index in [9.17, 15) is 9.59 Å². The Morgan fingerprint density at radius 2 is 2.15 bits per heavy atom. The molecular formula is C15H13ClN2O2. The lowest BCUT2D eigenvalue weighted by Crippen LogP contribution is -2.26. The Morgan fingerprint density at radius 3 is 2.80 bits per heavy atom. The van der Waals surface area contributed by atoms with Crippen LogP contribution in [0.15, 0.2) is 12.1 Å². The first kappa shape index (κ1) is 13.0. The van der Waals surface area contributed by atoms with Crippen LogP contribution in [0.1, 0.15) is 23.2 Å². The molecule has 0 bridgehead atoms. The van der Waals surface area contributed by atoms with Gasteiger partial charge in [0.2, 0.25) is 0 Å². The molecule has 1 aliphatic carbocycles. The van der Waals surface area contributed by atoms with Crippen LogP contribution in [0.3, 0.4) is 0 Å². The van der Waals surface area contributed by atoms with Crippen LogP contribution < -0.4 is 10.2 Å². The average Bonchev–Trinajstić information content (AvgIpc) is 3.18. The van der Waals surface area contributed by atoms with Gasteiger partial charge in [0.05, 0.1) is 28.5 Å². The molecule has 0 spiro atoms. The summed E-state index contributed by atoms with van der Waals surface area (Å²) in [6.45, 7) is 1.31. The number of nitrogens with one attached hydrogen (secondary N) is 1. The van der Waals surface area contributed by atoms with Crippen molar-refractivity contribution in [1.82, 2.24) is 0 Å². The molecule has 1 saturated carbocycles. The molecule has 20 heavy (non-hydrogen) atoms. The fourth-order valence-corrected chi connectivity index (χ4v) is 2.65. The van der Waals surface area contributed by atoms with Crippen molar-refractivity contribution < 1.29 is 9.59 Å². The summed E-state index contributed by atoms with van der Waals surface area (Å²) in [4.78, 5) is 25.0. The first-order chi connectivity index (χ1) is 9.60. The molecule has 1 heterocycles. The Bertz CT molecular complexity index is 644. The van der Waals surface area contributed by atoms with Crippen molar-refractivity contribution >= 4 is 34.7 Å². The summed E-state index contributed by atoms with van der Waals surface area (Å²) in [5.74, 6) is 2.13. The standard InChI is InChI=1S/C15H13ClN2O2/c1-2-5-18(8-9-3-4-9)13-7-12-10(6-11(13)16)14(19)15(20)17-12/h1,6-7,9H,3-5,8H2,(H,17,19,20). The van der Waals surface area contributed by atoms with E-state index >= 15 is 0 Å². The Kier molecular flexibility index (Phi) is 3.15. The SMILES string of the molecule is C#CCN(CC1CC1)c1cc2c(cc1Cl)C(=O)C(=O)N2. The molecular weight excluding hydrogens is 276 g/mol. The van der Waals surface area contributed by atoms with Crippen molar-refractivity contribution in [2.24, 2.45) is 5.92 Å². The molecule has 1 amide bonds. The number of hydrogen-bond donors (Lipinski definition) is 1. The van der Waals surface area contributed by atoms with Gasteiger partial charge in [-0.25, -0.2) is 0 Å². The van der Waals surface area contributed by atoms with Gasteiger partial charge >= 0.3 is 0 Å². The molecule has 102 valence electrons. The van der Waals surface area contributed by atoms with Gasteiger partial charge < -0.3 is 10.2 Å². The Hall–Kier alpha value is -1.99. The van der Waals surface area contributed by atoms with E-state index in [1.165, 1.54) is 12.8 Å². The van der Waals surface area contributed by atoms with Gasteiger partial charge in [0.25, 0.3) is 11.7 Å². The van der Waals surface area contributed by atoms with Crippen LogP contribution in [0.5, 0.6) is 0 Å². The van der Waals surface area contributed by atoms with E-state index < -0.39 is 11.7 Å². The second-order valence-electron chi connectivity index (χ2n) is 5.16. The van der Waals surface area contributed by atoms with E-state index in [0.717, 1.165) is 12.2 Å². The summed E-state index contributed by atoms with van der Waals surface area (Å²) in [6.07, 6.45) is 7.83. The highest BCUT2D eigenvalue weighted by molar-refractivity contribution is 6.52. The number of ketones is 1. The fourth-order valence-electron chi connectivity index (χ4n) is 2.37. The number of carbonyl (C=O) groups excluding carboxylic acids is 2. The first-order valence-corrected chi connectivity index (χ1v) is 6.85. The minimum Gasteiger partial charge on any atom is -0.359 e. The molecule has 2 aliphatic rings. The van der Waals surface area contributed by atoms with Crippen LogP contribution in [0.25, 0.3) is 0 Å². The molecule has 1 N–H and O–H groups in total. The highest BCUT2D eigenvalue weighted by Crippen LogP contribution is 2.37. The van der Waals surface area contributed by atoms with Crippen LogP contribution in [0.2, 0.25) is 5.02 Å². The number of nitrogens with zero attached hydrogens (tertiary/aromatic N) is 1. The second kappa shape index (κ2) is 4.84. The minimum absolute atomic E-state index is 0.329. The van der Waals surface area contributed by atoms with E-state index in [2.05, 4.69) is 11.2 Å². The molecule has 1 aromatic rings. The number of terminal acetylenes is 1. The fraction of sp³-hybridized carbons (Fsp3) is 0.333. The van der Waals surface area contributed by atoms with Gasteiger partial charge in [-0.05, 0) is 30.9 Å². The van der Waals surface area contributed by atoms with Crippen molar-refractivity contribution in [3.8, 4) is 12.3 Å². The molecule has 0 saturated heterocycles. The van der Waals surface area contributed by atoms with E-state index in [1.54, 1.807) is 12.1 Å². The van der Waals surface area contributed by atoms with Crippen molar-refractivity contribution in [2.45, 2.75) is 12.8 Å². The number of carbonyl (C=O) groups is 2. The van der Waals surface area contributed by atoms with Gasteiger partial charge in [-0.1, -0.05) is 17.5 Å². The Labute approximate surface area is 122 Å². The number of benzene rings is 1. The van der Waals surface area contributed by atoms with Gasteiger partial charge in [-0.2, -0.15) is 0 Å². The van der Waals surface area contributed by atoms with E-state index in [1.807, 2.05) is 4.90 Å². The third-order valence-corrected chi connectivity index (χ3v) is 3.89. The van der Waals surface area contributed by atoms with Gasteiger partial charge in [-0.15, -0.1) is 6.42 Å². The number of Topliss-reactive ketones (excluding diaryl/α,β-unsaturated/α-hetero) is 1. The summed E-state index contributed by atoms with van der Waals surface area (Å²) in [5, 5.41) is 3.00. The maximum Gasteiger partial charge on any atom is 0.296 e. The minimum atomic E-state index is -0.612. The number of rotatable bonds is 4. The van der Waals surface area contributed by atoms with Crippen LogP contribution >= 0.6 is 11.6 Å². The number of hydrogen-bond acceptors (Lipinski definition) is 3. The maximum atomic E-state index is 11.6. The van der Waals surface area contributed by atoms with E-state index in [-0.39, 0.29) is 0 Å². The highest BCUT2D eigenvalue weighted by Gasteiger charge is 2.31. The lowest BCUT2D eigenvalue weighted by Gasteiger charge is -2.24. The summed E-state index contributed by atoms with van der Waals surface area (Å²) in [5.41, 5.74) is 1.61. The summed E-state index contributed by atoms with van der Waals surface area (Å²) in [6, 6.07) is 3.28. The first-order valence-electron chi connectivity index (χ1n) is 6.47. The Morgan fingerprint density at radius 1 is 1.40 bits per heavy atom. The van der Waals surface area contributed by atoms with Crippen LogP contribution in [0, 0.1) is 18.3 Å². The zero-order valence-corrected chi connectivity index (χ0v) is 11.5. The number of halogens is 1. The molecule has 0 unspecified atom stereocenters. The van der Waals surface area contributed by atoms with Crippen LogP contribution in [-0.2, 0) is 4.79 Å². The molecule has 1 aliphatic heterocycles. The highest BCUT2D eigenvalue weighted by atomic mass is 35.5. The third-order valence-electron chi connectivity index (χ3n) is 3.58. The average molecular weight is 289 g/mol. The smallest absolute Gasteiger partial charge is 0.296 e. The number of anilines is 2. The molecule has 4 nitrogen and oxygen atoms in total. The number of amides is 1. The largest absolute Gasteiger partial charge is 0.359 e. The van der Waals surface area contributed by atoms with E-state index in [0.29, 0.717) is 28.7 Å². The van der Waals surface area contributed by atoms with Gasteiger partial charge in [0.15, 0.2) is 0 Å². The quantitative estimate of drug-likeness (QED) is 0.683. The lowest BCUT2D eigenvalue weighted by atomic mass is 10.1. The lowest BCUT2D eigenvalue weighted by molar-refractivity contribution is -0.112.